The monoisotopic (exact) mass is 407 g/mol. The van der Waals surface area contributed by atoms with Crippen molar-refractivity contribution in [1.29, 1.82) is 0 Å². The Balaban J connectivity index is 1.34. The molecule has 2 aromatic heterocycles. The number of carbonyl (C=O) groups is 2. The molecule has 4 rings (SSSR count). The van der Waals surface area contributed by atoms with E-state index in [-0.39, 0.29) is 24.5 Å². The Morgan fingerprint density at radius 1 is 1.13 bits per heavy atom. The number of hydrogen-bond donors (Lipinski definition) is 0. The molecule has 30 heavy (non-hydrogen) atoms. The molecular formula is C24H29N3O3. The van der Waals surface area contributed by atoms with E-state index in [9.17, 15) is 9.59 Å². The molecule has 1 amide bonds. The van der Waals surface area contributed by atoms with Gasteiger partial charge in [0.25, 0.3) is 5.91 Å². The number of fused-ring (bicyclic) bond motifs is 1. The Bertz CT molecular complexity index is 1050. The fourth-order valence-electron chi connectivity index (χ4n) is 4.44. The van der Waals surface area contributed by atoms with Gasteiger partial charge in [-0.2, -0.15) is 0 Å². The summed E-state index contributed by atoms with van der Waals surface area (Å²) >= 11 is 0. The number of aromatic nitrogens is 2. The second kappa shape index (κ2) is 8.78. The number of para-hydroxylation sites is 1. The van der Waals surface area contributed by atoms with Gasteiger partial charge in [-0.25, -0.2) is 0 Å². The predicted molar refractivity (Wildman–Crippen MR) is 116 cm³/mol. The highest BCUT2D eigenvalue weighted by Crippen LogP contribution is 2.23. The zero-order valence-corrected chi connectivity index (χ0v) is 17.7. The highest BCUT2D eigenvalue weighted by molar-refractivity contribution is 5.93. The molecule has 0 aliphatic carbocycles. The molecule has 1 aliphatic rings. The quantitative estimate of drug-likeness (QED) is 0.582. The number of piperidine rings is 1. The molecule has 0 bridgehead atoms. The Hall–Kier alpha value is -3.02. The minimum atomic E-state index is -0.240. The second-order valence-electron chi connectivity index (χ2n) is 8.09. The third-order valence-electron chi connectivity index (χ3n) is 6.07. The van der Waals surface area contributed by atoms with Crippen molar-refractivity contribution in [2.45, 2.75) is 45.2 Å². The van der Waals surface area contributed by atoms with Crippen LogP contribution in [0.25, 0.3) is 10.9 Å². The van der Waals surface area contributed by atoms with Crippen LogP contribution in [0.5, 0.6) is 0 Å². The van der Waals surface area contributed by atoms with E-state index in [2.05, 4.69) is 6.07 Å². The fraction of sp³-hybridized carbons (Fsp3) is 0.417. The van der Waals surface area contributed by atoms with E-state index in [4.69, 9.17) is 4.74 Å². The van der Waals surface area contributed by atoms with Gasteiger partial charge in [0.15, 0.2) is 0 Å². The largest absolute Gasteiger partial charge is 0.464 e. The van der Waals surface area contributed by atoms with Crippen LogP contribution >= 0.6 is 0 Å². The molecule has 0 N–H and O–H groups in total. The lowest BCUT2D eigenvalue weighted by Crippen LogP contribution is -2.44. The van der Waals surface area contributed by atoms with Gasteiger partial charge in [-0.3, -0.25) is 9.59 Å². The molecule has 0 saturated carbocycles. The van der Waals surface area contributed by atoms with Crippen molar-refractivity contribution in [1.82, 2.24) is 14.0 Å². The molecule has 3 aromatic rings. The third kappa shape index (κ3) is 4.13. The lowest BCUT2D eigenvalue weighted by atomic mass is 9.99. The first-order chi connectivity index (χ1) is 14.5. The van der Waals surface area contributed by atoms with Gasteiger partial charge >= 0.3 is 5.97 Å². The van der Waals surface area contributed by atoms with Gasteiger partial charge in [-0.15, -0.1) is 0 Å². The van der Waals surface area contributed by atoms with E-state index in [1.54, 1.807) is 0 Å². The van der Waals surface area contributed by atoms with Gasteiger partial charge in [0.05, 0.1) is 6.61 Å². The number of amides is 1. The first-order valence-electron chi connectivity index (χ1n) is 10.7. The average molecular weight is 408 g/mol. The molecule has 1 unspecified atom stereocenters. The predicted octanol–water partition coefficient (Wildman–Crippen LogP) is 3.92. The molecule has 1 saturated heterocycles. The summed E-state index contributed by atoms with van der Waals surface area (Å²) in [4.78, 5) is 27.4. The molecule has 6 heteroatoms. The van der Waals surface area contributed by atoms with Crippen LogP contribution < -0.4 is 0 Å². The summed E-state index contributed by atoms with van der Waals surface area (Å²) in [6.45, 7) is 3.30. The normalized spacial score (nSPS) is 16.7. The summed E-state index contributed by atoms with van der Waals surface area (Å²) in [5, 5.41) is 1.12. The SMILES string of the molecule is Cc1cc2ccccc2n1CC(=O)OCCC1CCCCN1C(=O)c1cccn1C. The van der Waals surface area contributed by atoms with Crippen LogP contribution in [0.15, 0.2) is 48.7 Å². The van der Waals surface area contributed by atoms with Crippen molar-refractivity contribution in [2.24, 2.45) is 7.05 Å². The number of aryl methyl sites for hydroxylation is 2. The van der Waals surface area contributed by atoms with Crippen LogP contribution in [-0.4, -0.2) is 45.1 Å². The van der Waals surface area contributed by atoms with Gasteiger partial charge < -0.3 is 18.8 Å². The molecule has 0 spiro atoms. The molecule has 6 nitrogen and oxygen atoms in total. The van der Waals surface area contributed by atoms with Crippen LogP contribution in [0.1, 0.15) is 41.9 Å². The third-order valence-corrected chi connectivity index (χ3v) is 6.07. The fourth-order valence-corrected chi connectivity index (χ4v) is 4.44. The smallest absolute Gasteiger partial charge is 0.325 e. The zero-order chi connectivity index (χ0) is 21.1. The van der Waals surface area contributed by atoms with Crippen molar-refractivity contribution in [2.75, 3.05) is 13.2 Å². The topological polar surface area (TPSA) is 56.5 Å². The van der Waals surface area contributed by atoms with Crippen LogP contribution in [0.3, 0.4) is 0 Å². The highest BCUT2D eigenvalue weighted by Gasteiger charge is 2.28. The van der Waals surface area contributed by atoms with Crippen molar-refractivity contribution in [3.63, 3.8) is 0 Å². The number of carbonyl (C=O) groups excluding carboxylic acids is 2. The Kier molecular flexibility index (Phi) is 5.93. The van der Waals surface area contributed by atoms with Crippen LogP contribution in [0, 0.1) is 6.92 Å². The number of hydrogen-bond acceptors (Lipinski definition) is 3. The molecule has 0 radical (unpaired) electrons. The molecule has 1 fully saturated rings. The van der Waals surface area contributed by atoms with Crippen LogP contribution in [0.4, 0.5) is 0 Å². The zero-order valence-electron chi connectivity index (χ0n) is 17.7. The van der Waals surface area contributed by atoms with E-state index in [0.717, 1.165) is 42.4 Å². The molecule has 158 valence electrons. The van der Waals surface area contributed by atoms with Gasteiger partial charge in [-0.1, -0.05) is 18.2 Å². The van der Waals surface area contributed by atoms with Crippen molar-refractivity contribution in [3.05, 3.63) is 60.0 Å². The van der Waals surface area contributed by atoms with Crippen molar-refractivity contribution >= 4 is 22.8 Å². The van der Waals surface area contributed by atoms with E-state index >= 15 is 0 Å². The number of nitrogens with zero attached hydrogens (tertiary/aromatic N) is 3. The van der Waals surface area contributed by atoms with E-state index in [0.29, 0.717) is 18.7 Å². The number of rotatable bonds is 6. The summed E-state index contributed by atoms with van der Waals surface area (Å²) in [7, 11) is 1.89. The van der Waals surface area contributed by atoms with Gasteiger partial charge in [0.2, 0.25) is 0 Å². The van der Waals surface area contributed by atoms with Crippen LogP contribution in [-0.2, 0) is 23.1 Å². The summed E-state index contributed by atoms with van der Waals surface area (Å²) in [6.07, 6.45) is 5.64. The molecule has 1 aliphatic heterocycles. The van der Waals surface area contributed by atoms with Gasteiger partial charge in [0.1, 0.15) is 12.2 Å². The minimum absolute atomic E-state index is 0.0629. The Morgan fingerprint density at radius 2 is 1.97 bits per heavy atom. The molecule has 1 aromatic carbocycles. The summed E-state index contributed by atoms with van der Waals surface area (Å²) in [5.74, 6) is -0.177. The number of esters is 1. The highest BCUT2D eigenvalue weighted by atomic mass is 16.5. The number of ether oxygens (including phenoxy) is 1. The maximum Gasteiger partial charge on any atom is 0.325 e. The van der Waals surface area contributed by atoms with Crippen LogP contribution in [0.2, 0.25) is 0 Å². The van der Waals surface area contributed by atoms with E-state index in [1.807, 2.05) is 70.6 Å². The standard InChI is InChI=1S/C24H29N3O3/c1-18-16-19-8-3-4-10-21(19)27(18)17-23(28)30-15-12-20-9-5-6-14-26(20)24(29)22-11-7-13-25(22)2/h3-4,7-8,10-11,13,16,20H,5-6,9,12,14-15,17H2,1-2H3. The number of likely N-dealkylation sites (tertiary alicyclic amines) is 1. The summed E-state index contributed by atoms with van der Waals surface area (Å²) in [5.41, 5.74) is 2.78. The molecule has 3 heterocycles. The van der Waals surface area contributed by atoms with E-state index in [1.165, 1.54) is 0 Å². The van der Waals surface area contributed by atoms with E-state index < -0.39 is 0 Å². The Labute approximate surface area is 177 Å². The molecular weight excluding hydrogens is 378 g/mol. The molecule has 1 atom stereocenters. The average Bonchev–Trinajstić information content (AvgIpc) is 3.31. The minimum Gasteiger partial charge on any atom is -0.464 e. The Morgan fingerprint density at radius 3 is 2.77 bits per heavy atom. The maximum absolute atomic E-state index is 13.0. The second-order valence-corrected chi connectivity index (χ2v) is 8.09. The first kappa shape index (κ1) is 20.3. The lowest BCUT2D eigenvalue weighted by molar-refractivity contribution is -0.144. The first-order valence-corrected chi connectivity index (χ1v) is 10.7. The van der Waals surface area contributed by atoms with Crippen molar-refractivity contribution in [3.8, 4) is 0 Å². The maximum atomic E-state index is 13.0. The summed E-state index contributed by atoms with van der Waals surface area (Å²) in [6, 6.07) is 14.0. The van der Waals surface area contributed by atoms with Gasteiger partial charge in [-0.05, 0) is 55.8 Å². The van der Waals surface area contributed by atoms with Crippen molar-refractivity contribution < 1.29 is 14.3 Å². The van der Waals surface area contributed by atoms with Gasteiger partial charge in [0, 0.05) is 43.5 Å². The summed E-state index contributed by atoms with van der Waals surface area (Å²) < 4.78 is 9.41. The number of benzene rings is 1. The lowest BCUT2D eigenvalue weighted by Gasteiger charge is -2.35.